The van der Waals surface area contributed by atoms with Crippen LogP contribution >= 0.6 is 0 Å². The zero-order chi connectivity index (χ0) is 9.84. The summed E-state index contributed by atoms with van der Waals surface area (Å²) in [6.45, 7) is 6.62. The first-order valence-corrected chi connectivity index (χ1v) is 5.65. The largest absolute Gasteiger partial charge is 0.310 e. The fraction of sp³-hybridized carbons (Fsp3) is 0.917. The van der Waals surface area contributed by atoms with Gasteiger partial charge in [-0.1, -0.05) is 20.3 Å². The molecule has 1 aliphatic carbocycles. The fourth-order valence-corrected chi connectivity index (χ4v) is 2.83. The van der Waals surface area contributed by atoms with E-state index in [1.807, 2.05) is 6.92 Å². The smallest absolute Gasteiger partial charge is 0.00609 e. The summed E-state index contributed by atoms with van der Waals surface area (Å²) in [7, 11) is 0. The molecule has 0 radical (unpaired) electrons. The van der Waals surface area contributed by atoms with Crippen LogP contribution in [0.1, 0.15) is 52.9 Å². The molecule has 0 bridgehead atoms. The molecule has 1 nitrogen and oxygen atoms in total. The highest BCUT2D eigenvalue weighted by molar-refractivity contribution is 5.78. The lowest BCUT2D eigenvalue weighted by atomic mass is 9.73. The van der Waals surface area contributed by atoms with Crippen molar-refractivity contribution in [3.8, 4) is 0 Å². The zero-order valence-corrected chi connectivity index (χ0v) is 9.27. The second-order valence-corrected chi connectivity index (χ2v) is 4.94. The van der Waals surface area contributed by atoms with E-state index < -0.39 is 0 Å². The van der Waals surface area contributed by atoms with Crippen LogP contribution in [-0.4, -0.2) is 5.71 Å². The van der Waals surface area contributed by atoms with Gasteiger partial charge in [-0.2, -0.15) is 0 Å². The standard InChI is InChI=1S/C12H23N/c1-4-11-5-9(2)6-12(8-11)7-10(3)13/h9,11-13H,4-8H2,1-3H3/t9-,11-,12?/m0/s1. The first-order valence-electron chi connectivity index (χ1n) is 5.65. The SMILES string of the molecule is CC[C@@H]1CC(CC(C)=N)C[C@@H](C)C1. The van der Waals surface area contributed by atoms with Crippen molar-refractivity contribution in [2.75, 3.05) is 0 Å². The van der Waals surface area contributed by atoms with Crippen molar-refractivity contribution in [1.82, 2.24) is 0 Å². The Kier molecular flexibility index (Phi) is 3.95. The third-order valence-corrected chi connectivity index (χ3v) is 3.31. The second-order valence-electron chi connectivity index (χ2n) is 4.94. The van der Waals surface area contributed by atoms with Gasteiger partial charge in [0.05, 0.1) is 0 Å². The maximum Gasteiger partial charge on any atom is 0.00609 e. The van der Waals surface area contributed by atoms with Gasteiger partial charge in [0.15, 0.2) is 0 Å². The Morgan fingerprint density at radius 2 is 1.85 bits per heavy atom. The van der Waals surface area contributed by atoms with Gasteiger partial charge in [-0.15, -0.1) is 0 Å². The van der Waals surface area contributed by atoms with Crippen molar-refractivity contribution in [2.45, 2.75) is 52.9 Å². The number of hydrogen-bond acceptors (Lipinski definition) is 1. The van der Waals surface area contributed by atoms with Gasteiger partial charge < -0.3 is 5.41 Å². The van der Waals surface area contributed by atoms with Gasteiger partial charge in [0, 0.05) is 5.71 Å². The average molecular weight is 181 g/mol. The molecule has 0 heterocycles. The van der Waals surface area contributed by atoms with E-state index in [0.717, 1.165) is 29.9 Å². The minimum Gasteiger partial charge on any atom is -0.310 e. The van der Waals surface area contributed by atoms with Crippen LogP contribution in [0, 0.1) is 23.2 Å². The van der Waals surface area contributed by atoms with Crippen molar-refractivity contribution < 1.29 is 0 Å². The highest BCUT2D eigenvalue weighted by Gasteiger charge is 2.25. The minimum absolute atomic E-state index is 0.811. The zero-order valence-electron chi connectivity index (χ0n) is 9.27. The molecule has 1 fully saturated rings. The fourth-order valence-electron chi connectivity index (χ4n) is 2.83. The molecule has 76 valence electrons. The monoisotopic (exact) mass is 181 g/mol. The quantitative estimate of drug-likeness (QED) is 0.639. The normalized spacial score (nSPS) is 34.5. The predicted octanol–water partition coefficient (Wildman–Crippen LogP) is 3.88. The Labute approximate surface area is 82.4 Å². The Morgan fingerprint density at radius 1 is 1.23 bits per heavy atom. The van der Waals surface area contributed by atoms with Crippen LogP contribution in [0.2, 0.25) is 0 Å². The maximum atomic E-state index is 7.52. The summed E-state index contributed by atoms with van der Waals surface area (Å²) in [6, 6.07) is 0. The number of hydrogen-bond donors (Lipinski definition) is 1. The van der Waals surface area contributed by atoms with Crippen molar-refractivity contribution in [3.05, 3.63) is 0 Å². The molecule has 0 aromatic heterocycles. The molecule has 1 N–H and O–H groups in total. The molecule has 3 atom stereocenters. The third kappa shape index (κ3) is 3.50. The number of rotatable bonds is 3. The van der Waals surface area contributed by atoms with Crippen LogP contribution in [0.4, 0.5) is 0 Å². The van der Waals surface area contributed by atoms with Crippen LogP contribution < -0.4 is 0 Å². The maximum absolute atomic E-state index is 7.52. The van der Waals surface area contributed by atoms with Crippen molar-refractivity contribution >= 4 is 5.71 Å². The molecule has 0 spiro atoms. The predicted molar refractivity (Wildman–Crippen MR) is 58.3 cm³/mol. The van der Waals surface area contributed by atoms with Gasteiger partial charge in [-0.25, -0.2) is 0 Å². The second kappa shape index (κ2) is 4.78. The molecule has 1 aliphatic rings. The first-order chi connectivity index (χ1) is 6.11. The number of nitrogens with one attached hydrogen (secondary N) is 1. The first kappa shape index (κ1) is 10.7. The van der Waals surface area contributed by atoms with E-state index in [1.54, 1.807) is 0 Å². The Bertz CT molecular complexity index is 174. The van der Waals surface area contributed by atoms with E-state index in [-0.39, 0.29) is 0 Å². The summed E-state index contributed by atoms with van der Waals surface area (Å²) in [5.74, 6) is 2.64. The molecule has 0 aromatic rings. The van der Waals surface area contributed by atoms with Crippen LogP contribution in [0.15, 0.2) is 0 Å². The topological polar surface area (TPSA) is 23.9 Å². The van der Waals surface area contributed by atoms with E-state index in [1.165, 1.54) is 25.7 Å². The van der Waals surface area contributed by atoms with E-state index >= 15 is 0 Å². The summed E-state index contributed by atoms with van der Waals surface area (Å²) in [6.07, 6.45) is 6.52. The summed E-state index contributed by atoms with van der Waals surface area (Å²) < 4.78 is 0. The van der Waals surface area contributed by atoms with E-state index in [2.05, 4.69) is 13.8 Å². The molecule has 0 aromatic carbocycles. The lowest BCUT2D eigenvalue weighted by Gasteiger charge is -2.32. The Morgan fingerprint density at radius 3 is 2.38 bits per heavy atom. The Balaban J connectivity index is 2.42. The molecule has 1 heteroatoms. The van der Waals surface area contributed by atoms with Crippen molar-refractivity contribution in [3.63, 3.8) is 0 Å². The average Bonchev–Trinajstić information content (AvgIpc) is 2.01. The highest BCUT2D eigenvalue weighted by atomic mass is 14.4. The summed E-state index contributed by atoms with van der Waals surface area (Å²) in [5.41, 5.74) is 0.869. The molecule has 0 saturated heterocycles. The molecular weight excluding hydrogens is 158 g/mol. The van der Waals surface area contributed by atoms with Gasteiger partial charge in [0.2, 0.25) is 0 Å². The van der Waals surface area contributed by atoms with Gasteiger partial charge in [-0.05, 0) is 50.4 Å². The molecule has 0 amide bonds. The minimum atomic E-state index is 0.811. The third-order valence-electron chi connectivity index (χ3n) is 3.31. The van der Waals surface area contributed by atoms with Gasteiger partial charge in [0.25, 0.3) is 0 Å². The summed E-state index contributed by atoms with van der Waals surface area (Å²) >= 11 is 0. The lowest BCUT2D eigenvalue weighted by Crippen LogP contribution is -2.22. The van der Waals surface area contributed by atoms with Crippen LogP contribution in [0.25, 0.3) is 0 Å². The molecule has 13 heavy (non-hydrogen) atoms. The molecule has 1 saturated carbocycles. The van der Waals surface area contributed by atoms with Crippen molar-refractivity contribution in [1.29, 1.82) is 5.41 Å². The van der Waals surface area contributed by atoms with Crippen LogP contribution in [-0.2, 0) is 0 Å². The Hall–Kier alpha value is -0.330. The van der Waals surface area contributed by atoms with Gasteiger partial charge in [-0.3, -0.25) is 0 Å². The summed E-state index contributed by atoms with van der Waals surface area (Å²) in [5, 5.41) is 7.52. The molecular formula is C12H23N. The lowest BCUT2D eigenvalue weighted by molar-refractivity contribution is 0.206. The summed E-state index contributed by atoms with van der Waals surface area (Å²) in [4.78, 5) is 0. The molecule has 0 aliphatic heterocycles. The highest BCUT2D eigenvalue weighted by Crippen LogP contribution is 2.36. The van der Waals surface area contributed by atoms with E-state index in [0.29, 0.717) is 0 Å². The van der Waals surface area contributed by atoms with Crippen LogP contribution in [0.5, 0.6) is 0 Å². The van der Waals surface area contributed by atoms with E-state index in [9.17, 15) is 0 Å². The van der Waals surface area contributed by atoms with Crippen molar-refractivity contribution in [2.24, 2.45) is 17.8 Å². The molecule has 1 rings (SSSR count). The van der Waals surface area contributed by atoms with E-state index in [4.69, 9.17) is 5.41 Å². The van der Waals surface area contributed by atoms with Gasteiger partial charge >= 0.3 is 0 Å². The van der Waals surface area contributed by atoms with Gasteiger partial charge in [0.1, 0.15) is 0 Å². The molecule has 1 unspecified atom stereocenters. The van der Waals surface area contributed by atoms with Crippen LogP contribution in [0.3, 0.4) is 0 Å².